The number of rotatable bonds is 6. The van der Waals surface area contributed by atoms with E-state index in [1.165, 1.54) is 0 Å². The molecule has 0 aliphatic rings. The Labute approximate surface area is 152 Å². The van der Waals surface area contributed by atoms with E-state index in [1.54, 1.807) is 20.4 Å². The first-order chi connectivity index (χ1) is 12.8. The predicted molar refractivity (Wildman–Crippen MR) is 100 cm³/mol. The molecule has 0 aliphatic carbocycles. The molecular formula is C21H20N2O3. The van der Waals surface area contributed by atoms with Crippen molar-refractivity contribution in [1.82, 2.24) is 4.98 Å². The fraction of sp³-hybridized carbons (Fsp3) is 0.143. The number of hydrogen-bond donors (Lipinski definition) is 1. The number of nitrogens with zero attached hydrogens (tertiary/aromatic N) is 2. The van der Waals surface area contributed by atoms with Gasteiger partial charge < -0.3 is 14.7 Å². The maximum atomic E-state index is 9.59. The van der Waals surface area contributed by atoms with Gasteiger partial charge in [-0.1, -0.05) is 41.6 Å². The number of hydrogen-bond acceptors (Lipinski definition) is 5. The van der Waals surface area contributed by atoms with E-state index in [-0.39, 0.29) is 0 Å². The second-order valence-corrected chi connectivity index (χ2v) is 5.69. The summed E-state index contributed by atoms with van der Waals surface area (Å²) in [5.74, 6) is 1.37. The number of pyridine rings is 1. The molecule has 0 fully saturated rings. The minimum Gasteiger partial charge on any atom is -0.493 e. The Bertz CT molecular complexity index is 908. The first-order valence-electron chi connectivity index (χ1n) is 8.19. The summed E-state index contributed by atoms with van der Waals surface area (Å²) >= 11 is 0. The molecule has 26 heavy (non-hydrogen) atoms. The van der Waals surface area contributed by atoms with Crippen LogP contribution in [0.4, 0.5) is 0 Å². The zero-order chi connectivity index (χ0) is 18.4. The fourth-order valence-corrected chi connectivity index (χ4v) is 2.86. The Morgan fingerprint density at radius 2 is 1.73 bits per heavy atom. The predicted octanol–water partition coefficient (Wildman–Crippen LogP) is 3.92. The summed E-state index contributed by atoms with van der Waals surface area (Å²) in [5.41, 5.74) is 3.99. The second kappa shape index (κ2) is 8.16. The van der Waals surface area contributed by atoms with Crippen LogP contribution in [0.5, 0.6) is 11.5 Å². The van der Waals surface area contributed by atoms with Gasteiger partial charge in [0.2, 0.25) is 0 Å². The van der Waals surface area contributed by atoms with Crippen LogP contribution in [0.1, 0.15) is 22.4 Å². The number of aromatic nitrogens is 1. The fourth-order valence-electron chi connectivity index (χ4n) is 2.86. The van der Waals surface area contributed by atoms with Crippen LogP contribution in [0.25, 0.3) is 0 Å². The van der Waals surface area contributed by atoms with Crippen LogP contribution in [-0.4, -0.2) is 30.1 Å². The third-order valence-electron chi connectivity index (χ3n) is 4.12. The molecule has 1 N–H and O–H groups in total. The standard InChI is InChI=1S/C21H20N2O3/c1-25-19-11-10-15(14-20(19)26-2)13-16-7-3-4-8-17(16)21(23-24)18-9-5-6-12-22-18/h3-12,14,24H,13H2,1-2H3. The van der Waals surface area contributed by atoms with Gasteiger partial charge in [0.25, 0.3) is 0 Å². The molecule has 0 radical (unpaired) electrons. The monoisotopic (exact) mass is 348 g/mol. The van der Waals surface area contributed by atoms with Crippen molar-refractivity contribution in [3.8, 4) is 11.5 Å². The minimum atomic E-state index is 0.446. The van der Waals surface area contributed by atoms with Crippen molar-refractivity contribution in [3.05, 3.63) is 89.2 Å². The lowest BCUT2D eigenvalue weighted by molar-refractivity contribution is 0.319. The second-order valence-electron chi connectivity index (χ2n) is 5.69. The van der Waals surface area contributed by atoms with Crippen LogP contribution in [0.3, 0.4) is 0 Å². The maximum absolute atomic E-state index is 9.59. The zero-order valence-corrected chi connectivity index (χ0v) is 14.7. The van der Waals surface area contributed by atoms with Crippen LogP contribution in [0, 0.1) is 0 Å². The largest absolute Gasteiger partial charge is 0.493 e. The highest BCUT2D eigenvalue weighted by atomic mass is 16.5. The highest BCUT2D eigenvalue weighted by Crippen LogP contribution is 2.29. The van der Waals surface area contributed by atoms with Crippen LogP contribution >= 0.6 is 0 Å². The van der Waals surface area contributed by atoms with Crippen LogP contribution < -0.4 is 9.47 Å². The summed E-state index contributed by atoms with van der Waals surface area (Å²) < 4.78 is 10.7. The molecule has 0 amide bonds. The molecule has 3 aromatic rings. The molecule has 1 heterocycles. The number of oxime groups is 1. The van der Waals surface area contributed by atoms with Crippen molar-refractivity contribution in [1.29, 1.82) is 0 Å². The molecule has 0 saturated heterocycles. The molecule has 1 aromatic heterocycles. The van der Waals surface area contributed by atoms with E-state index in [0.29, 0.717) is 29.3 Å². The first-order valence-corrected chi connectivity index (χ1v) is 8.19. The number of benzene rings is 2. The van der Waals surface area contributed by atoms with Gasteiger partial charge in [0.15, 0.2) is 11.5 Å². The molecule has 5 nitrogen and oxygen atoms in total. The Morgan fingerprint density at radius 3 is 2.42 bits per heavy atom. The van der Waals surface area contributed by atoms with Gasteiger partial charge in [0.05, 0.1) is 19.9 Å². The maximum Gasteiger partial charge on any atom is 0.160 e. The summed E-state index contributed by atoms with van der Waals surface area (Å²) in [5, 5.41) is 13.1. The molecule has 3 rings (SSSR count). The van der Waals surface area contributed by atoms with Gasteiger partial charge in [-0.2, -0.15) is 0 Å². The molecular weight excluding hydrogens is 328 g/mol. The summed E-state index contributed by atoms with van der Waals surface area (Å²) in [6.07, 6.45) is 2.33. The molecule has 132 valence electrons. The van der Waals surface area contributed by atoms with E-state index < -0.39 is 0 Å². The van der Waals surface area contributed by atoms with Crippen LogP contribution in [-0.2, 0) is 6.42 Å². The third kappa shape index (κ3) is 3.67. The van der Waals surface area contributed by atoms with E-state index in [4.69, 9.17) is 9.47 Å². The van der Waals surface area contributed by atoms with Crippen LogP contribution in [0.2, 0.25) is 0 Å². The van der Waals surface area contributed by atoms with Gasteiger partial charge in [0.1, 0.15) is 5.71 Å². The highest BCUT2D eigenvalue weighted by molar-refractivity contribution is 6.12. The van der Waals surface area contributed by atoms with Gasteiger partial charge in [0, 0.05) is 11.8 Å². The molecule has 0 bridgehead atoms. The highest BCUT2D eigenvalue weighted by Gasteiger charge is 2.14. The Hall–Kier alpha value is -3.34. The van der Waals surface area contributed by atoms with Crippen molar-refractivity contribution in [3.63, 3.8) is 0 Å². The Kier molecular flexibility index (Phi) is 5.49. The molecule has 0 unspecified atom stereocenters. The quantitative estimate of drug-likeness (QED) is 0.417. The van der Waals surface area contributed by atoms with E-state index in [2.05, 4.69) is 10.1 Å². The smallest absolute Gasteiger partial charge is 0.160 e. The number of methoxy groups -OCH3 is 2. The lowest BCUT2D eigenvalue weighted by atomic mass is 9.95. The van der Waals surface area contributed by atoms with Crippen molar-refractivity contribution >= 4 is 5.71 Å². The Morgan fingerprint density at radius 1 is 0.962 bits per heavy atom. The van der Waals surface area contributed by atoms with Gasteiger partial charge in [-0.05, 0) is 41.8 Å². The summed E-state index contributed by atoms with van der Waals surface area (Å²) in [4.78, 5) is 4.30. The topological polar surface area (TPSA) is 63.9 Å². The average Bonchev–Trinajstić information content (AvgIpc) is 2.70. The molecule has 2 aromatic carbocycles. The van der Waals surface area contributed by atoms with Gasteiger partial charge in [-0.15, -0.1) is 0 Å². The molecule has 0 saturated carbocycles. The van der Waals surface area contributed by atoms with Gasteiger partial charge in [-0.25, -0.2) is 0 Å². The lowest BCUT2D eigenvalue weighted by Crippen LogP contribution is -2.09. The summed E-state index contributed by atoms with van der Waals surface area (Å²) in [6, 6.07) is 19.2. The van der Waals surface area contributed by atoms with E-state index >= 15 is 0 Å². The molecule has 0 atom stereocenters. The Balaban J connectivity index is 1.98. The van der Waals surface area contributed by atoms with E-state index in [9.17, 15) is 5.21 Å². The van der Waals surface area contributed by atoms with E-state index in [0.717, 1.165) is 16.7 Å². The summed E-state index contributed by atoms with van der Waals surface area (Å²) in [6.45, 7) is 0. The normalized spacial score (nSPS) is 11.2. The van der Waals surface area contributed by atoms with Crippen molar-refractivity contribution in [2.24, 2.45) is 5.16 Å². The van der Waals surface area contributed by atoms with Crippen molar-refractivity contribution < 1.29 is 14.7 Å². The van der Waals surface area contributed by atoms with E-state index in [1.807, 2.05) is 60.7 Å². The van der Waals surface area contributed by atoms with Crippen molar-refractivity contribution in [2.75, 3.05) is 14.2 Å². The van der Waals surface area contributed by atoms with Crippen molar-refractivity contribution in [2.45, 2.75) is 6.42 Å². The average molecular weight is 348 g/mol. The molecule has 0 aliphatic heterocycles. The molecule has 0 spiro atoms. The number of ether oxygens (including phenoxy) is 2. The third-order valence-corrected chi connectivity index (χ3v) is 4.12. The summed E-state index contributed by atoms with van der Waals surface area (Å²) in [7, 11) is 3.23. The SMILES string of the molecule is COc1ccc(Cc2ccccc2C(=NO)c2ccccn2)cc1OC. The first kappa shape index (κ1) is 17.5. The molecule has 5 heteroatoms. The zero-order valence-electron chi connectivity index (χ0n) is 14.7. The van der Waals surface area contributed by atoms with Gasteiger partial charge in [-0.3, -0.25) is 4.98 Å². The van der Waals surface area contributed by atoms with Crippen LogP contribution in [0.15, 0.2) is 72.0 Å². The minimum absolute atomic E-state index is 0.446. The lowest BCUT2D eigenvalue weighted by Gasteiger charge is -2.13. The van der Waals surface area contributed by atoms with Gasteiger partial charge >= 0.3 is 0 Å².